The van der Waals surface area contributed by atoms with E-state index in [1.807, 2.05) is 50.2 Å². The maximum absolute atomic E-state index is 12.6. The summed E-state index contributed by atoms with van der Waals surface area (Å²) in [5.74, 6) is 1.12. The number of fused-ring (bicyclic) bond motifs is 1. The van der Waals surface area contributed by atoms with Crippen LogP contribution in [0.5, 0.6) is 17.4 Å². The maximum atomic E-state index is 12.6. The van der Waals surface area contributed by atoms with Crippen LogP contribution in [0.4, 0.5) is 5.69 Å². The third-order valence-electron chi connectivity index (χ3n) is 4.61. The molecule has 0 unspecified atom stereocenters. The minimum Gasteiger partial charge on any atom is -0.466 e. The van der Waals surface area contributed by atoms with Crippen molar-refractivity contribution in [3.8, 4) is 17.4 Å². The van der Waals surface area contributed by atoms with Crippen LogP contribution in [0, 0.1) is 13.8 Å². The minimum absolute atomic E-state index is 0.225. The molecular formula is C23H21ClN4O3. The van der Waals surface area contributed by atoms with Crippen LogP contribution in [-0.4, -0.2) is 27.3 Å². The van der Waals surface area contributed by atoms with Crippen molar-refractivity contribution in [1.29, 1.82) is 0 Å². The molecule has 1 N–H and O–H groups in total. The summed E-state index contributed by atoms with van der Waals surface area (Å²) < 4.78 is 13.2. The van der Waals surface area contributed by atoms with E-state index in [0.29, 0.717) is 33.7 Å². The van der Waals surface area contributed by atoms with E-state index in [4.69, 9.17) is 21.1 Å². The molecule has 0 aliphatic carbocycles. The molecule has 0 aliphatic rings. The zero-order chi connectivity index (χ0) is 22.0. The van der Waals surface area contributed by atoms with Gasteiger partial charge in [-0.05, 0) is 55.8 Å². The van der Waals surface area contributed by atoms with Gasteiger partial charge in [0, 0.05) is 17.8 Å². The van der Waals surface area contributed by atoms with Crippen LogP contribution in [0.1, 0.15) is 11.3 Å². The molecule has 0 saturated carbocycles. The van der Waals surface area contributed by atoms with Gasteiger partial charge < -0.3 is 14.8 Å². The molecule has 0 radical (unpaired) electrons. The summed E-state index contributed by atoms with van der Waals surface area (Å²) in [6.07, 6.45) is 0. The summed E-state index contributed by atoms with van der Waals surface area (Å²) in [6, 6.07) is 16.3. The van der Waals surface area contributed by atoms with E-state index in [-0.39, 0.29) is 12.5 Å². The molecule has 4 aromatic rings. The molecule has 31 heavy (non-hydrogen) atoms. The van der Waals surface area contributed by atoms with Crippen molar-refractivity contribution in [2.24, 2.45) is 7.05 Å². The topological polar surface area (TPSA) is 78.3 Å². The number of hydrogen-bond donors (Lipinski definition) is 1. The number of pyridine rings is 1. The lowest BCUT2D eigenvalue weighted by atomic mass is 10.2. The van der Waals surface area contributed by atoms with E-state index >= 15 is 0 Å². The van der Waals surface area contributed by atoms with Gasteiger partial charge in [-0.2, -0.15) is 0 Å². The van der Waals surface area contributed by atoms with Gasteiger partial charge in [-0.1, -0.05) is 29.8 Å². The summed E-state index contributed by atoms with van der Waals surface area (Å²) in [5.41, 5.74) is 3.04. The molecule has 7 nitrogen and oxygen atoms in total. The third kappa shape index (κ3) is 4.62. The van der Waals surface area contributed by atoms with Gasteiger partial charge in [0.05, 0.1) is 11.1 Å². The Balaban J connectivity index is 1.50. The number of rotatable bonds is 6. The normalized spacial score (nSPS) is 10.8. The zero-order valence-electron chi connectivity index (χ0n) is 17.3. The molecule has 0 aliphatic heterocycles. The molecule has 0 saturated heterocycles. The summed E-state index contributed by atoms with van der Waals surface area (Å²) in [7, 11) is 1.79. The quantitative estimate of drug-likeness (QED) is 0.457. The Morgan fingerprint density at radius 3 is 2.68 bits per heavy atom. The van der Waals surface area contributed by atoms with Gasteiger partial charge in [0.25, 0.3) is 5.91 Å². The van der Waals surface area contributed by atoms with Crippen molar-refractivity contribution in [1.82, 2.24) is 14.8 Å². The number of benzene rings is 2. The first kappa shape index (κ1) is 20.7. The van der Waals surface area contributed by atoms with Crippen molar-refractivity contribution >= 4 is 34.2 Å². The van der Waals surface area contributed by atoms with E-state index in [1.165, 1.54) is 0 Å². The molecule has 0 atom stereocenters. The Morgan fingerprint density at radius 2 is 1.90 bits per heavy atom. The fraction of sp³-hybridized carbons (Fsp3) is 0.174. The lowest BCUT2D eigenvalue weighted by Gasteiger charge is -2.13. The fourth-order valence-corrected chi connectivity index (χ4v) is 3.45. The lowest BCUT2D eigenvalue weighted by Crippen LogP contribution is -2.20. The summed E-state index contributed by atoms with van der Waals surface area (Å²) in [5, 5.41) is 8.43. The van der Waals surface area contributed by atoms with E-state index in [2.05, 4.69) is 15.4 Å². The largest absolute Gasteiger partial charge is 0.466 e. The molecular weight excluding hydrogens is 416 g/mol. The number of carbonyl (C=O) groups is 1. The number of ether oxygens (including phenoxy) is 2. The molecule has 0 fully saturated rings. The molecule has 1 amide bonds. The standard InChI is InChI=1S/C23H21ClN4O3/c1-14-11-15(2)25-22-21(14)23(27-28(22)3)30-13-20(29)26-18-12-16(24)9-10-19(18)31-17-7-5-4-6-8-17/h4-12H,13H2,1-3H3,(H,26,29). The number of para-hydroxylation sites is 1. The average Bonchev–Trinajstić information content (AvgIpc) is 3.05. The van der Waals surface area contributed by atoms with Crippen molar-refractivity contribution in [2.75, 3.05) is 11.9 Å². The Labute approximate surface area is 184 Å². The number of aromatic nitrogens is 3. The molecule has 158 valence electrons. The van der Waals surface area contributed by atoms with Crippen LogP contribution in [-0.2, 0) is 11.8 Å². The summed E-state index contributed by atoms with van der Waals surface area (Å²) >= 11 is 6.12. The molecule has 8 heteroatoms. The first-order valence-electron chi connectivity index (χ1n) is 9.67. The average molecular weight is 437 g/mol. The van der Waals surface area contributed by atoms with E-state index in [1.54, 1.807) is 29.9 Å². The van der Waals surface area contributed by atoms with Gasteiger partial charge in [-0.25, -0.2) is 9.67 Å². The van der Waals surface area contributed by atoms with E-state index < -0.39 is 0 Å². The highest BCUT2D eigenvalue weighted by atomic mass is 35.5. The fourth-order valence-electron chi connectivity index (χ4n) is 3.27. The first-order chi connectivity index (χ1) is 14.9. The van der Waals surface area contributed by atoms with Crippen LogP contribution < -0.4 is 14.8 Å². The van der Waals surface area contributed by atoms with Crippen molar-refractivity contribution < 1.29 is 14.3 Å². The zero-order valence-corrected chi connectivity index (χ0v) is 18.1. The highest BCUT2D eigenvalue weighted by molar-refractivity contribution is 6.31. The SMILES string of the molecule is Cc1cc(C)c2c(OCC(=O)Nc3cc(Cl)ccc3Oc3ccccc3)nn(C)c2n1. The number of amides is 1. The van der Waals surface area contributed by atoms with Gasteiger partial charge in [0.1, 0.15) is 5.75 Å². The van der Waals surface area contributed by atoms with E-state index in [0.717, 1.165) is 16.6 Å². The maximum Gasteiger partial charge on any atom is 0.262 e. The second kappa shape index (κ2) is 8.65. The van der Waals surface area contributed by atoms with Crippen molar-refractivity contribution in [3.05, 3.63) is 70.9 Å². The highest BCUT2D eigenvalue weighted by Crippen LogP contribution is 2.32. The van der Waals surface area contributed by atoms with Gasteiger partial charge in [0.2, 0.25) is 5.88 Å². The molecule has 2 aromatic carbocycles. The van der Waals surface area contributed by atoms with Crippen molar-refractivity contribution in [2.45, 2.75) is 13.8 Å². The molecule has 4 rings (SSSR count). The second-order valence-electron chi connectivity index (χ2n) is 7.10. The number of aryl methyl sites for hydroxylation is 3. The second-order valence-corrected chi connectivity index (χ2v) is 7.54. The van der Waals surface area contributed by atoms with Gasteiger partial charge in [-0.3, -0.25) is 4.79 Å². The third-order valence-corrected chi connectivity index (χ3v) is 4.85. The Hall–Kier alpha value is -3.58. The number of nitrogens with one attached hydrogen (secondary N) is 1. The number of carbonyl (C=O) groups excluding carboxylic acids is 1. The van der Waals surface area contributed by atoms with Crippen LogP contribution in [0.25, 0.3) is 11.0 Å². The minimum atomic E-state index is -0.364. The van der Waals surface area contributed by atoms with Crippen LogP contribution in [0.2, 0.25) is 5.02 Å². The number of nitrogens with zero attached hydrogens (tertiary/aromatic N) is 3. The van der Waals surface area contributed by atoms with Gasteiger partial charge >= 0.3 is 0 Å². The summed E-state index contributed by atoms with van der Waals surface area (Å²) in [4.78, 5) is 17.1. The first-order valence-corrected chi connectivity index (χ1v) is 10.0. The predicted molar refractivity (Wildman–Crippen MR) is 120 cm³/mol. The van der Waals surface area contributed by atoms with Gasteiger partial charge in [0.15, 0.2) is 18.0 Å². The molecule has 0 bridgehead atoms. The number of anilines is 1. The highest BCUT2D eigenvalue weighted by Gasteiger charge is 2.16. The molecule has 2 heterocycles. The smallest absolute Gasteiger partial charge is 0.262 e. The van der Waals surface area contributed by atoms with Crippen molar-refractivity contribution in [3.63, 3.8) is 0 Å². The number of halogens is 1. The molecule has 2 aromatic heterocycles. The molecule has 0 spiro atoms. The monoisotopic (exact) mass is 436 g/mol. The predicted octanol–water partition coefficient (Wildman–Crippen LogP) is 5.05. The summed E-state index contributed by atoms with van der Waals surface area (Å²) in [6.45, 7) is 3.66. The Bertz CT molecular complexity index is 1250. The number of hydrogen-bond acceptors (Lipinski definition) is 5. The van der Waals surface area contributed by atoms with Crippen LogP contribution >= 0.6 is 11.6 Å². The van der Waals surface area contributed by atoms with Gasteiger partial charge in [-0.15, -0.1) is 5.10 Å². The lowest BCUT2D eigenvalue weighted by molar-refractivity contribution is -0.118. The van der Waals surface area contributed by atoms with E-state index in [9.17, 15) is 4.79 Å². The van der Waals surface area contributed by atoms with Crippen LogP contribution in [0.15, 0.2) is 54.6 Å². The Kier molecular flexibility index (Phi) is 5.77. The Morgan fingerprint density at radius 1 is 1.13 bits per heavy atom. The van der Waals surface area contributed by atoms with Crippen LogP contribution in [0.3, 0.4) is 0 Å².